The second kappa shape index (κ2) is 5.43. The SMILES string of the molecule is CCCNC(c1cnc(C(F)(F)F)s1)C(F)(F)F. The molecule has 1 unspecified atom stereocenters. The lowest BCUT2D eigenvalue weighted by molar-refractivity contribution is -0.157. The molecule has 0 aliphatic carbocycles. The predicted octanol–water partition coefficient (Wildman–Crippen LogP) is 3.76. The van der Waals surface area contributed by atoms with Gasteiger partial charge in [0.1, 0.15) is 6.04 Å². The van der Waals surface area contributed by atoms with E-state index in [1.807, 2.05) is 0 Å². The van der Waals surface area contributed by atoms with Gasteiger partial charge in [-0.25, -0.2) is 4.98 Å². The third-order valence-electron chi connectivity index (χ3n) is 1.98. The monoisotopic (exact) mass is 292 g/mol. The Kier molecular flexibility index (Phi) is 4.60. The maximum absolute atomic E-state index is 12.7. The summed E-state index contributed by atoms with van der Waals surface area (Å²) in [5.41, 5.74) is 0. The number of hydrogen-bond donors (Lipinski definition) is 1. The summed E-state index contributed by atoms with van der Waals surface area (Å²) in [6.45, 7) is 1.72. The molecule has 0 fully saturated rings. The van der Waals surface area contributed by atoms with Crippen molar-refractivity contribution in [2.24, 2.45) is 0 Å². The summed E-state index contributed by atoms with van der Waals surface area (Å²) >= 11 is 0.00662. The van der Waals surface area contributed by atoms with Gasteiger partial charge in [-0.15, -0.1) is 11.3 Å². The van der Waals surface area contributed by atoms with Crippen molar-refractivity contribution in [1.82, 2.24) is 10.3 Å². The highest BCUT2D eigenvalue weighted by atomic mass is 32.1. The minimum Gasteiger partial charge on any atom is -0.302 e. The first-order valence-electron chi connectivity index (χ1n) is 4.99. The molecule has 104 valence electrons. The Morgan fingerprint density at radius 3 is 2.28 bits per heavy atom. The van der Waals surface area contributed by atoms with Crippen LogP contribution >= 0.6 is 11.3 Å². The third kappa shape index (κ3) is 3.84. The van der Waals surface area contributed by atoms with Crippen LogP contribution in [0, 0.1) is 0 Å². The highest BCUT2D eigenvalue weighted by Gasteiger charge is 2.43. The fourth-order valence-electron chi connectivity index (χ4n) is 1.22. The number of nitrogens with one attached hydrogen (secondary N) is 1. The van der Waals surface area contributed by atoms with Crippen molar-refractivity contribution in [1.29, 1.82) is 0 Å². The van der Waals surface area contributed by atoms with Crippen LogP contribution in [-0.4, -0.2) is 17.7 Å². The molecule has 1 aromatic rings. The van der Waals surface area contributed by atoms with E-state index in [4.69, 9.17) is 0 Å². The van der Waals surface area contributed by atoms with Crippen molar-refractivity contribution < 1.29 is 26.3 Å². The van der Waals surface area contributed by atoms with Gasteiger partial charge in [-0.2, -0.15) is 26.3 Å². The summed E-state index contributed by atoms with van der Waals surface area (Å²) in [5.74, 6) is 0. The molecule has 1 heterocycles. The van der Waals surface area contributed by atoms with Gasteiger partial charge in [0.05, 0.1) is 4.88 Å². The Morgan fingerprint density at radius 1 is 1.28 bits per heavy atom. The Labute approximate surface area is 103 Å². The molecule has 0 bridgehead atoms. The zero-order valence-corrected chi connectivity index (χ0v) is 10.0. The maximum Gasteiger partial charge on any atom is 0.443 e. The quantitative estimate of drug-likeness (QED) is 0.855. The Hall–Kier alpha value is -0.830. The number of aromatic nitrogens is 1. The number of halogens is 6. The van der Waals surface area contributed by atoms with Crippen molar-refractivity contribution in [2.45, 2.75) is 31.7 Å². The average molecular weight is 292 g/mol. The van der Waals surface area contributed by atoms with E-state index in [1.165, 1.54) is 0 Å². The number of hydrogen-bond acceptors (Lipinski definition) is 3. The van der Waals surface area contributed by atoms with Gasteiger partial charge in [-0.1, -0.05) is 6.92 Å². The van der Waals surface area contributed by atoms with Crippen LogP contribution in [0.25, 0.3) is 0 Å². The molecule has 0 aliphatic heterocycles. The first-order valence-corrected chi connectivity index (χ1v) is 5.81. The molecule has 0 saturated carbocycles. The van der Waals surface area contributed by atoms with E-state index in [0.717, 1.165) is 0 Å². The Bertz CT molecular complexity index is 383. The average Bonchev–Trinajstić information content (AvgIpc) is 2.64. The predicted molar refractivity (Wildman–Crippen MR) is 54.2 cm³/mol. The molecule has 1 atom stereocenters. The number of alkyl halides is 6. The Balaban J connectivity index is 2.96. The first kappa shape index (κ1) is 15.2. The zero-order chi connectivity index (χ0) is 14.0. The van der Waals surface area contributed by atoms with Crippen LogP contribution in [0.5, 0.6) is 0 Å². The van der Waals surface area contributed by atoms with Crippen LogP contribution in [0.4, 0.5) is 26.3 Å². The Morgan fingerprint density at radius 2 is 1.89 bits per heavy atom. The van der Waals surface area contributed by atoms with Gasteiger partial charge in [0.25, 0.3) is 0 Å². The lowest BCUT2D eigenvalue weighted by atomic mass is 10.2. The van der Waals surface area contributed by atoms with Crippen LogP contribution in [0.1, 0.15) is 29.3 Å². The van der Waals surface area contributed by atoms with Crippen LogP contribution in [0.2, 0.25) is 0 Å². The largest absolute Gasteiger partial charge is 0.443 e. The van der Waals surface area contributed by atoms with Crippen molar-refractivity contribution in [3.8, 4) is 0 Å². The summed E-state index contributed by atoms with van der Waals surface area (Å²) in [4.78, 5) is 2.50. The van der Waals surface area contributed by atoms with Crippen molar-refractivity contribution in [3.63, 3.8) is 0 Å². The van der Waals surface area contributed by atoms with Gasteiger partial charge in [-0.05, 0) is 13.0 Å². The van der Waals surface area contributed by atoms with Crippen molar-refractivity contribution in [2.75, 3.05) is 6.54 Å². The lowest BCUT2D eigenvalue weighted by Crippen LogP contribution is -2.34. The molecular weight excluding hydrogens is 282 g/mol. The molecular formula is C9H10F6N2S. The zero-order valence-electron chi connectivity index (χ0n) is 9.19. The van der Waals surface area contributed by atoms with E-state index in [2.05, 4.69) is 10.3 Å². The second-order valence-corrected chi connectivity index (χ2v) is 4.56. The minimum atomic E-state index is -4.72. The summed E-state index contributed by atoms with van der Waals surface area (Å²) < 4.78 is 74.8. The first-order chi connectivity index (χ1) is 8.16. The molecule has 18 heavy (non-hydrogen) atoms. The van der Waals surface area contributed by atoms with Crippen LogP contribution in [0.15, 0.2) is 6.20 Å². The van der Waals surface area contributed by atoms with Gasteiger partial charge >= 0.3 is 12.4 Å². The smallest absolute Gasteiger partial charge is 0.302 e. The molecule has 2 nitrogen and oxygen atoms in total. The van der Waals surface area contributed by atoms with Crippen molar-refractivity contribution in [3.05, 3.63) is 16.1 Å². The van der Waals surface area contributed by atoms with Crippen LogP contribution < -0.4 is 5.32 Å². The number of thiazole rings is 1. The lowest BCUT2D eigenvalue weighted by Gasteiger charge is -2.19. The van der Waals surface area contributed by atoms with E-state index in [9.17, 15) is 26.3 Å². The highest BCUT2D eigenvalue weighted by Crippen LogP contribution is 2.39. The molecule has 1 aromatic heterocycles. The molecule has 0 radical (unpaired) electrons. The highest BCUT2D eigenvalue weighted by molar-refractivity contribution is 7.11. The molecule has 9 heteroatoms. The second-order valence-electron chi connectivity index (χ2n) is 3.49. The molecule has 0 saturated heterocycles. The summed E-state index contributed by atoms with van der Waals surface area (Å²) in [7, 11) is 0. The standard InChI is InChI=1S/C9H10F6N2S/c1-2-3-16-6(8(10,11)12)5-4-17-7(18-5)9(13,14)15/h4,6,16H,2-3H2,1H3. The third-order valence-corrected chi connectivity index (χ3v) is 3.08. The molecule has 0 aliphatic rings. The van der Waals surface area contributed by atoms with Gasteiger partial charge in [0.15, 0.2) is 5.01 Å². The molecule has 1 N–H and O–H groups in total. The summed E-state index contributed by atoms with van der Waals surface area (Å²) in [6.07, 6.45) is -8.31. The van der Waals surface area contributed by atoms with Gasteiger partial charge in [0.2, 0.25) is 0 Å². The van der Waals surface area contributed by atoms with E-state index in [0.29, 0.717) is 12.6 Å². The normalized spacial score (nSPS) is 14.8. The summed E-state index contributed by atoms with van der Waals surface area (Å²) in [5, 5.41) is 0.895. The minimum absolute atomic E-state index is 0.00662. The fraction of sp³-hybridized carbons (Fsp3) is 0.667. The van der Waals surface area contributed by atoms with Gasteiger partial charge in [-0.3, -0.25) is 0 Å². The molecule has 0 aromatic carbocycles. The fourth-order valence-corrected chi connectivity index (χ4v) is 2.10. The van der Waals surface area contributed by atoms with Crippen LogP contribution in [-0.2, 0) is 6.18 Å². The number of rotatable bonds is 4. The van der Waals surface area contributed by atoms with E-state index < -0.39 is 28.3 Å². The van der Waals surface area contributed by atoms with Crippen molar-refractivity contribution >= 4 is 11.3 Å². The topological polar surface area (TPSA) is 24.9 Å². The maximum atomic E-state index is 12.7. The molecule has 1 rings (SSSR count). The van der Waals surface area contributed by atoms with E-state index >= 15 is 0 Å². The van der Waals surface area contributed by atoms with E-state index in [1.54, 1.807) is 6.92 Å². The van der Waals surface area contributed by atoms with Gasteiger partial charge < -0.3 is 5.32 Å². The number of nitrogens with zero attached hydrogens (tertiary/aromatic N) is 1. The van der Waals surface area contributed by atoms with E-state index in [-0.39, 0.29) is 17.9 Å². The van der Waals surface area contributed by atoms with Gasteiger partial charge in [0, 0.05) is 6.20 Å². The molecule has 0 amide bonds. The van der Waals surface area contributed by atoms with Crippen LogP contribution in [0.3, 0.4) is 0 Å². The molecule has 0 spiro atoms. The summed E-state index contributed by atoms with van der Waals surface area (Å²) in [6, 6.07) is -2.11.